The normalized spacial score (nSPS) is 11.1. The molecular weight excluding hydrogens is 376 g/mol. The van der Waals surface area contributed by atoms with Gasteiger partial charge in [0.2, 0.25) is 11.8 Å². The molecule has 136 valence electrons. The topological polar surface area (TPSA) is 58.2 Å². The first-order valence-electron chi connectivity index (χ1n) is 8.27. The first kappa shape index (κ1) is 18.8. The second kappa shape index (κ2) is 9.66. The van der Waals surface area contributed by atoms with E-state index in [2.05, 4.69) is 10.6 Å². The summed E-state index contributed by atoms with van der Waals surface area (Å²) in [5, 5.41) is 13.5. The summed E-state index contributed by atoms with van der Waals surface area (Å²) in [7, 11) is 0. The maximum absolute atomic E-state index is 12.0. The molecule has 2 heterocycles. The third-order valence-corrected chi connectivity index (χ3v) is 5.00. The van der Waals surface area contributed by atoms with Crippen molar-refractivity contribution < 1.29 is 9.59 Å². The van der Waals surface area contributed by atoms with Crippen LogP contribution in [0.1, 0.15) is 16.7 Å². The van der Waals surface area contributed by atoms with Crippen LogP contribution < -0.4 is 10.6 Å². The Balaban J connectivity index is 1.51. The summed E-state index contributed by atoms with van der Waals surface area (Å²) in [6.45, 7) is 0.390. The van der Waals surface area contributed by atoms with Crippen molar-refractivity contribution in [2.75, 3.05) is 5.32 Å². The van der Waals surface area contributed by atoms with E-state index in [1.165, 1.54) is 12.2 Å². The van der Waals surface area contributed by atoms with Crippen LogP contribution in [0.3, 0.4) is 0 Å². The molecule has 6 heteroatoms. The molecule has 3 aromatic rings. The van der Waals surface area contributed by atoms with Gasteiger partial charge in [-0.25, -0.2) is 0 Å². The van der Waals surface area contributed by atoms with E-state index in [0.29, 0.717) is 12.2 Å². The fourth-order valence-corrected chi connectivity index (χ4v) is 3.53. The predicted octanol–water partition coefficient (Wildman–Crippen LogP) is 4.79. The average Bonchev–Trinajstić information content (AvgIpc) is 3.37. The van der Waals surface area contributed by atoms with Crippen molar-refractivity contribution in [1.29, 1.82) is 0 Å². The molecule has 0 aliphatic carbocycles. The van der Waals surface area contributed by atoms with Crippen LogP contribution in [0.4, 0.5) is 5.69 Å². The molecule has 0 saturated heterocycles. The highest BCUT2D eigenvalue weighted by molar-refractivity contribution is 7.08. The molecule has 4 nitrogen and oxygen atoms in total. The van der Waals surface area contributed by atoms with Crippen molar-refractivity contribution >= 4 is 52.3 Å². The number of hydrogen-bond donors (Lipinski definition) is 2. The Morgan fingerprint density at radius 2 is 1.56 bits per heavy atom. The number of benzene rings is 1. The number of amides is 2. The number of carbonyl (C=O) groups is 2. The number of nitrogens with one attached hydrogen (secondary N) is 2. The minimum atomic E-state index is -0.193. The predicted molar refractivity (Wildman–Crippen MR) is 114 cm³/mol. The Labute approximate surface area is 165 Å². The Morgan fingerprint density at radius 1 is 0.889 bits per heavy atom. The molecule has 0 atom stereocenters. The van der Waals surface area contributed by atoms with Crippen molar-refractivity contribution in [3.05, 3.63) is 86.8 Å². The molecule has 0 spiro atoms. The molecule has 1 aromatic carbocycles. The van der Waals surface area contributed by atoms with Gasteiger partial charge in [0.05, 0.1) is 0 Å². The van der Waals surface area contributed by atoms with E-state index in [-0.39, 0.29) is 11.8 Å². The zero-order valence-electron chi connectivity index (χ0n) is 14.4. The lowest BCUT2D eigenvalue weighted by Gasteiger charge is -2.06. The van der Waals surface area contributed by atoms with Crippen LogP contribution in [0.5, 0.6) is 0 Å². The summed E-state index contributed by atoms with van der Waals surface area (Å²) in [4.78, 5) is 23.9. The quantitative estimate of drug-likeness (QED) is 0.566. The fraction of sp³-hybridized carbons (Fsp3) is 0.0476. The molecule has 0 fully saturated rings. The van der Waals surface area contributed by atoms with Gasteiger partial charge in [-0.3, -0.25) is 9.59 Å². The fourth-order valence-electron chi connectivity index (χ4n) is 2.27. The van der Waals surface area contributed by atoms with Crippen LogP contribution in [0.15, 0.2) is 70.1 Å². The van der Waals surface area contributed by atoms with Crippen LogP contribution in [0, 0.1) is 0 Å². The molecule has 3 rings (SSSR count). The lowest BCUT2D eigenvalue weighted by molar-refractivity contribution is -0.116. The molecule has 0 radical (unpaired) electrons. The number of anilines is 1. The van der Waals surface area contributed by atoms with Crippen LogP contribution in [0.25, 0.3) is 12.2 Å². The lowest BCUT2D eigenvalue weighted by Crippen LogP contribution is -2.20. The maximum atomic E-state index is 12.0. The first-order valence-corrected chi connectivity index (χ1v) is 10.2. The highest BCUT2D eigenvalue weighted by atomic mass is 32.1. The van der Waals surface area contributed by atoms with Crippen molar-refractivity contribution in [3.8, 4) is 0 Å². The molecule has 2 N–H and O–H groups in total. The summed E-state index contributed by atoms with van der Waals surface area (Å²) in [6, 6.07) is 11.3. The number of carbonyl (C=O) groups excluding carboxylic acids is 2. The third-order valence-electron chi connectivity index (χ3n) is 3.60. The monoisotopic (exact) mass is 394 g/mol. The Hall–Kier alpha value is -2.96. The van der Waals surface area contributed by atoms with Crippen LogP contribution in [-0.2, 0) is 16.1 Å². The van der Waals surface area contributed by atoms with Gasteiger partial charge in [0.15, 0.2) is 0 Å². The molecule has 0 aliphatic rings. The van der Waals surface area contributed by atoms with Gasteiger partial charge < -0.3 is 10.6 Å². The largest absolute Gasteiger partial charge is 0.348 e. The third kappa shape index (κ3) is 6.36. The van der Waals surface area contributed by atoms with Crippen molar-refractivity contribution in [3.63, 3.8) is 0 Å². The van der Waals surface area contributed by atoms with E-state index in [9.17, 15) is 9.59 Å². The highest BCUT2D eigenvalue weighted by Gasteiger charge is 2.01. The minimum Gasteiger partial charge on any atom is -0.348 e. The molecular formula is C21H18N2O2S2. The minimum absolute atomic E-state index is 0.158. The summed E-state index contributed by atoms with van der Waals surface area (Å²) < 4.78 is 0. The van der Waals surface area contributed by atoms with Crippen LogP contribution >= 0.6 is 22.7 Å². The molecule has 0 saturated carbocycles. The van der Waals surface area contributed by atoms with Crippen molar-refractivity contribution in [1.82, 2.24) is 5.32 Å². The van der Waals surface area contributed by atoms with E-state index >= 15 is 0 Å². The van der Waals surface area contributed by atoms with E-state index in [4.69, 9.17) is 0 Å². The van der Waals surface area contributed by atoms with Gasteiger partial charge in [0.1, 0.15) is 0 Å². The van der Waals surface area contributed by atoms with Crippen LogP contribution in [-0.4, -0.2) is 11.8 Å². The van der Waals surface area contributed by atoms with E-state index < -0.39 is 0 Å². The molecule has 27 heavy (non-hydrogen) atoms. The second-order valence-electron chi connectivity index (χ2n) is 5.69. The maximum Gasteiger partial charge on any atom is 0.248 e. The number of rotatable bonds is 7. The van der Waals surface area contributed by atoms with Crippen molar-refractivity contribution in [2.45, 2.75) is 6.54 Å². The average molecular weight is 395 g/mol. The Bertz CT molecular complexity index is 942. The van der Waals surface area contributed by atoms with Gasteiger partial charge in [-0.1, -0.05) is 12.1 Å². The van der Waals surface area contributed by atoms with Crippen molar-refractivity contribution in [2.24, 2.45) is 0 Å². The molecule has 0 bridgehead atoms. The van der Waals surface area contributed by atoms with Gasteiger partial charge >= 0.3 is 0 Å². The Morgan fingerprint density at radius 3 is 2.19 bits per heavy atom. The molecule has 0 aliphatic heterocycles. The zero-order chi connectivity index (χ0) is 18.9. The van der Waals surface area contributed by atoms with Crippen LogP contribution in [0.2, 0.25) is 0 Å². The summed E-state index contributed by atoms with van der Waals surface area (Å²) >= 11 is 3.17. The van der Waals surface area contributed by atoms with Gasteiger partial charge in [-0.15, -0.1) is 0 Å². The summed E-state index contributed by atoms with van der Waals surface area (Å²) in [5.41, 5.74) is 3.61. The summed E-state index contributed by atoms with van der Waals surface area (Å²) in [5.74, 6) is -0.351. The van der Waals surface area contributed by atoms with Gasteiger partial charge in [0.25, 0.3) is 0 Å². The van der Waals surface area contributed by atoms with E-state index in [0.717, 1.165) is 16.7 Å². The van der Waals surface area contributed by atoms with E-state index in [1.54, 1.807) is 34.8 Å². The molecule has 2 amide bonds. The number of hydrogen-bond acceptors (Lipinski definition) is 4. The SMILES string of the molecule is O=C(/C=C/c1ccsc1)NCc1cccc(NC(=O)/C=C/c2ccsc2)c1. The second-order valence-corrected chi connectivity index (χ2v) is 7.25. The lowest BCUT2D eigenvalue weighted by atomic mass is 10.2. The van der Waals surface area contributed by atoms with E-state index in [1.807, 2.05) is 57.9 Å². The highest BCUT2D eigenvalue weighted by Crippen LogP contribution is 2.12. The molecule has 0 unspecified atom stereocenters. The summed E-state index contributed by atoms with van der Waals surface area (Å²) in [6.07, 6.45) is 6.58. The first-order chi connectivity index (χ1) is 13.2. The van der Waals surface area contributed by atoms with Gasteiger partial charge in [0, 0.05) is 24.4 Å². The van der Waals surface area contributed by atoms with Gasteiger partial charge in [-0.05, 0) is 74.6 Å². The Kier molecular flexibility index (Phi) is 6.73. The standard InChI is InChI=1S/C21H18N2O2S2/c24-20(6-4-16-8-10-26-14-16)22-13-18-2-1-3-19(12-18)23-21(25)7-5-17-9-11-27-15-17/h1-12,14-15H,13H2,(H,22,24)(H,23,25)/b6-4+,7-5+. The number of thiophene rings is 2. The molecule has 2 aromatic heterocycles. The smallest absolute Gasteiger partial charge is 0.248 e. The van der Waals surface area contributed by atoms with Gasteiger partial charge in [-0.2, -0.15) is 22.7 Å². The zero-order valence-corrected chi connectivity index (χ0v) is 16.1.